The van der Waals surface area contributed by atoms with Gasteiger partial charge in [-0.1, -0.05) is 17.7 Å². The maximum atomic E-state index is 13.6. The molecule has 110 valence electrons. The number of ether oxygens (including phenoxy) is 1. The van der Waals surface area contributed by atoms with Crippen LogP contribution in [-0.2, 0) is 6.54 Å². The van der Waals surface area contributed by atoms with Crippen molar-refractivity contribution in [1.29, 1.82) is 0 Å². The Balaban J connectivity index is 2.20. The van der Waals surface area contributed by atoms with Gasteiger partial charge < -0.3 is 10.1 Å². The fourth-order valence-electron chi connectivity index (χ4n) is 1.86. The Morgan fingerprint density at radius 1 is 1.38 bits per heavy atom. The number of nitrogens with one attached hydrogen (secondary N) is 1. The predicted molar refractivity (Wildman–Crippen MR) is 78.4 cm³/mol. The lowest BCUT2D eigenvalue weighted by Gasteiger charge is -2.10. The first-order chi connectivity index (χ1) is 10.0. The Hall–Kier alpha value is -2.34. The summed E-state index contributed by atoms with van der Waals surface area (Å²) in [7, 11) is 1.37. The Labute approximate surface area is 125 Å². The minimum Gasteiger partial charge on any atom is -0.494 e. The molecular weight excluding hydrogens is 299 g/mol. The SMILES string of the molecule is COc1ccc(NCc2c(Cl)cccc2[N+](=O)[O-])cc1F. The number of anilines is 1. The molecule has 0 aromatic heterocycles. The zero-order valence-corrected chi connectivity index (χ0v) is 11.9. The maximum Gasteiger partial charge on any atom is 0.275 e. The lowest BCUT2D eigenvalue weighted by Crippen LogP contribution is -2.04. The Morgan fingerprint density at radius 3 is 2.76 bits per heavy atom. The van der Waals surface area contributed by atoms with E-state index < -0.39 is 10.7 Å². The second kappa shape index (κ2) is 6.41. The molecule has 0 aliphatic carbocycles. The van der Waals surface area contributed by atoms with Crippen molar-refractivity contribution in [1.82, 2.24) is 0 Å². The van der Waals surface area contributed by atoms with Gasteiger partial charge in [-0.15, -0.1) is 0 Å². The van der Waals surface area contributed by atoms with Gasteiger partial charge in [0.2, 0.25) is 0 Å². The van der Waals surface area contributed by atoms with Crippen molar-refractivity contribution in [2.24, 2.45) is 0 Å². The standard InChI is InChI=1S/C14H12ClFN2O3/c1-21-14-6-5-9(7-12(14)16)17-8-10-11(15)3-2-4-13(10)18(19)20/h2-7,17H,8H2,1H3. The third-order valence-electron chi connectivity index (χ3n) is 2.91. The van der Waals surface area contributed by atoms with E-state index in [0.717, 1.165) is 0 Å². The number of hydrogen-bond acceptors (Lipinski definition) is 4. The highest BCUT2D eigenvalue weighted by Crippen LogP contribution is 2.28. The van der Waals surface area contributed by atoms with Crippen molar-refractivity contribution in [2.75, 3.05) is 12.4 Å². The van der Waals surface area contributed by atoms with Crippen LogP contribution in [0.25, 0.3) is 0 Å². The molecule has 0 bridgehead atoms. The second-order valence-corrected chi connectivity index (χ2v) is 4.60. The van der Waals surface area contributed by atoms with Crippen LogP contribution in [0.5, 0.6) is 5.75 Å². The number of benzene rings is 2. The minimum atomic E-state index is -0.517. The molecule has 0 aliphatic rings. The summed E-state index contributed by atoms with van der Waals surface area (Å²) in [5.74, 6) is -0.388. The molecule has 2 aromatic rings. The highest BCUT2D eigenvalue weighted by Gasteiger charge is 2.16. The molecule has 0 saturated heterocycles. The van der Waals surface area contributed by atoms with Crippen LogP contribution in [0.4, 0.5) is 15.8 Å². The highest BCUT2D eigenvalue weighted by atomic mass is 35.5. The smallest absolute Gasteiger partial charge is 0.275 e. The van der Waals surface area contributed by atoms with Crippen LogP contribution in [0.3, 0.4) is 0 Å². The van der Waals surface area contributed by atoms with Gasteiger partial charge in [-0.25, -0.2) is 4.39 Å². The lowest BCUT2D eigenvalue weighted by molar-refractivity contribution is -0.385. The fraction of sp³-hybridized carbons (Fsp3) is 0.143. The molecule has 0 saturated carbocycles. The summed E-state index contributed by atoms with van der Waals surface area (Å²) < 4.78 is 18.4. The highest BCUT2D eigenvalue weighted by molar-refractivity contribution is 6.31. The maximum absolute atomic E-state index is 13.6. The molecule has 21 heavy (non-hydrogen) atoms. The zero-order chi connectivity index (χ0) is 15.4. The van der Waals surface area contributed by atoms with Gasteiger partial charge in [-0.3, -0.25) is 10.1 Å². The number of rotatable bonds is 5. The molecule has 0 unspecified atom stereocenters. The summed E-state index contributed by atoms with van der Waals surface area (Å²) in [4.78, 5) is 10.5. The molecule has 1 N–H and O–H groups in total. The molecule has 0 atom stereocenters. The minimum absolute atomic E-state index is 0.0796. The molecule has 5 nitrogen and oxygen atoms in total. The Kier molecular flexibility index (Phi) is 4.59. The monoisotopic (exact) mass is 310 g/mol. The molecular formula is C14H12ClFN2O3. The second-order valence-electron chi connectivity index (χ2n) is 4.20. The van der Waals surface area contributed by atoms with Crippen molar-refractivity contribution in [2.45, 2.75) is 6.54 Å². The van der Waals surface area contributed by atoms with Crippen LogP contribution in [0.15, 0.2) is 36.4 Å². The van der Waals surface area contributed by atoms with E-state index in [1.807, 2.05) is 0 Å². The van der Waals surface area contributed by atoms with E-state index in [4.69, 9.17) is 16.3 Å². The van der Waals surface area contributed by atoms with E-state index in [0.29, 0.717) is 11.3 Å². The van der Waals surface area contributed by atoms with Crippen molar-refractivity contribution < 1.29 is 14.1 Å². The van der Waals surface area contributed by atoms with Crippen molar-refractivity contribution in [3.63, 3.8) is 0 Å². The van der Waals surface area contributed by atoms with Crippen molar-refractivity contribution in [3.8, 4) is 5.75 Å². The summed E-state index contributed by atoms with van der Waals surface area (Å²) in [5.41, 5.74) is 0.742. The van der Waals surface area contributed by atoms with E-state index in [-0.39, 0.29) is 23.0 Å². The summed E-state index contributed by atoms with van der Waals surface area (Å²) in [5, 5.41) is 14.2. The fourth-order valence-corrected chi connectivity index (χ4v) is 2.10. The largest absolute Gasteiger partial charge is 0.494 e. The average molecular weight is 311 g/mol. The van der Waals surface area contributed by atoms with Crippen LogP contribution < -0.4 is 10.1 Å². The van der Waals surface area contributed by atoms with Crippen LogP contribution in [0.1, 0.15) is 5.56 Å². The average Bonchev–Trinajstić information content (AvgIpc) is 2.45. The van der Waals surface area contributed by atoms with Crippen LogP contribution in [-0.4, -0.2) is 12.0 Å². The van der Waals surface area contributed by atoms with Crippen molar-refractivity contribution >= 4 is 23.0 Å². The number of nitro benzene ring substituents is 1. The molecule has 0 heterocycles. The number of hydrogen-bond donors (Lipinski definition) is 1. The van der Waals surface area contributed by atoms with Gasteiger partial charge in [0.1, 0.15) is 0 Å². The van der Waals surface area contributed by atoms with E-state index in [1.54, 1.807) is 12.1 Å². The summed E-state index contributed by atoms with van der Waals surface area (Å²) in [6, 6.07) is 8.79. The first kappa shape index (κ1) is 15.1. The predicted octanol–water partition coefficient (Wildman–Crippen LogP) is 4.01. The van der Waals surface area contributed by atoms with Gasteiger partial charge in [0.15, 0.2) is 11.6 Å². The number of methoxy groups -OCH3 is 1. The molecule has 0 aliphatic heterocycles. The van der Waals surface area contributed by atoms with Crippen LogP contribution in [0, 0.1) is 15.9 Å². The molecule has 0 fully saturated rings. The lowest BCUT2D eigenvalue weighted by atomic mass is 10.1. The van der Waals surface area contributed by atoms with E-state index >= 15 is 0 Å². The number of nitrogens with zero attached hydrogens (tertiary/aromatic N) is 1. The Morgan fingerprint density at radius 2 is 2.14 bits per heavy atom. The van der Waals surface area contributed by atoms with E-state index in [9.17, 15) is 14.5 Å². The van der Waals surface area contributed by atoms with Crippen molar-refractivity contribution in [3.05, 3.63) is 62.9 Å². The summed E-state index contributed by atoms with van der Waals surface area (Å²) in [6.45, 7) is 0.113. The van der Waals surface area contributed by atoms with Gasteiger partial charge in [-0.05, 0) is 18.2 Å². The third-order valence-corrected chi connectivity index (χ3v) is 3.27. The van der Waals surface area contributed by atoms with Crippen LogP contribution >= 0.6 is 11.6 Å². The normalized spacial score (nSPS) is 10.2. The van der Waals surface area contributed by atoms with Gasteiger partial charge >= 0.3 is 0 Å². The quantitative estimate of drug-likeness (QED) is 0.669. The topological polar surface area (TPSA) is 64.4 Å². The Bertz CT molecular complexity index is 679. The number of nitro groups is 1. The van der Waals surface area contributed by atoms with Gasteiger partial charge in [0.05, 0.1) is 22.6 Å². The van der Waals surface area contributed by atoms with E-state index in [1.165, 1.54) is 31.4 Å². The van der Waals surface area contributed by atoms with Gasteiger partial charge in [-0.2, -0.15) is 0 Å². The van der Waals surface area contributed by atoms with Gasteiger partial charge in [0.25, 0.3) is 5.69 Å². The molecule has 7 heteroatoms. The zero-order valence-electron chi connectivity index (χ0n) is 11.1. The van der Waals surface area contributed by atoms with Gasteiger partial charge in [0, 0.05) is 24.4 Å². The first-order valence-electron chi connectivity index (χ1n) is 6.02. The molecule has 0 radical (unpaired) electrons. The van der Waals surface area contributed by atoms with E-state index in [2.05, 4.69) is 5.32 Å². The molecule has 0 amide bonds. The van der Waals surface area contributed by atoms with Crippen LogP contribution in [0.2, 0.25) is 5.02 Å². The molecule has 2 aromatic carbocycles. The summed E-state index contributed by atoms with van der Waals surface area (Å²) in [6.07, 6.45) is 0. The number of halogens is 2. The molecule has 0 spiro atoms. The third kappa shape index (κ3) is 3.41. The molecule has 2 rings (SSSR count). The first-order valence-corrected chi connectivity index (χ1v) is 6.40. The summed E-state index contributed by atoms with van der Waals surface area (Å²) >= 11 is 5.98.